The van der Waals surface area contributed by atoms with Crippen LogP contribution in [0.3, 0.4) is 0 Å². The maximum Gasteiger partial charge on any atom is 0.0931 e. The Bertz CT molecular complexity index is 288. The van der Waals surface area contributed by atoms with Crippen LogP contribution in [0.4, 0.5) is 0 Å². The van der Waals surface area contributed by atoms with Gasteiger partial charge in [0.25, 0.3) is 0 Å². The zero-order valence-electron chi connectivity index (χ0n) is 9.07. The predicted octanol–water partition coefficient (Wildman–Crippen LogP) is 2.98. The normalized spacial score (nSPS) is 15.2. The molecule has 0 radical (unpaired) electrons. The minimum absolute atomic E-state index is 0.301. The van der Waals surface area contributed by atoms with Gasteiger partial charge in [0, 0.05) is 25.0 Å². The Morgan fingerprint density at radius 1 is 1.53 bits per heavy atom. The summed E-state index contributed by atoms with van der Waals surface area (Å²) < 4.78 is 5.81. The fourth-order valence-electron chi connectivity index (χ4n) is 1.59. The van der Waals surface area contributed by atoms with Crippen molar-refractivity contribution in [3.05, 3.63) is 21.3 Å². The van der Waals surface area contributed by atoms with Crippen molar-refractivity contribution >= 4 is 22.9 Å². The summed E-state index contributed by atoms with van der Waals surface area (Å²) in [5.41, 5.74) is 0. The highest BCUT2D eigenvalue weighted by atomic mass is 35.5. The van der Waals surface area contributed by atoms with Crippen molar-refractivity contribution in [2.24, 2.45) is 5.92 Å². The number of halogens is 1. The van der Waals surface area contributed by atoms with Crippen LogP contribution in [-0.4, -0.2) is 24.9 Å². The van der Waals surface area contributed by atoms with Crippen LogP contribution >= 0.6 is 22.9 Å². The first-order valence-corrected chi connectivity index (χ1v) is 6.22. The van der Waals surface area contributed by atoms with E-state index in [0.29, 0.717) is 18.9 Å². The van der Waals surface area contributed by atoms with Gasteiger partial charge in [-0.15, -0.1) is 11.3 Å². The van der Waals surface area contributed by atoms with Gasteiger partial charge in [0.1, 0.15) is 0 Å². The van der Waals surface area contributed by atoms with Crippen LogP contribution in [0.25, 0.3) is 0 Å². The standard InChI is InChI=1S/C11H17ClO2S/c1-8(7-14-2)5-9(13)6-10-3-4-11(12)15-10/h3-4,8-9,13H,5-7H2,1-2H3. The van der Waals surface area contributed by atoms with Gasteiger partial charge in [-0.1, -0.05) is 18.5 Å². The third kappa shape index (κ3) is 4.98. The number of hydrogen-bond acceptors (Lipinski definition) is 3. The molecule has 0 saturated heterocycles. The van der Waals surface area contributed by atoms with Crippen molar-refractivity contribution in [3.8, 4) is 0 Å². The van der Waals surface area contributed by atoms with E-state index in [-0.39, 0.29) is 6.10 Å². The molecule has 4 heteroatoms. The first kappa shape index (κ1) is 13.0. The number of rotatable bonds is 6. The summed E-state index contributed by atoms with van der Waals surface area (Å²) in [5.74, 6) is 0.389. The molecule has 0 aliphatic rings. The number of hydrogen-bond donors (Lipinski definition) is 1. The summed E-state index contributed by atoms with van der Waals surface area (Å²) >= 11 is 7.35. The van der Waals surface area contributed by atoms with E-state index in [1.165, 1.54) is 11.3 Å². The molecule has 1 aromatic rings. The summed E-state index contributed by atoms with van der Waals surface area (Å²) in [5, 5.41) is 9.82. The Hall–Kier alpha value is -0.0900. The van der Waals surface area contributed by atoms with E-state index >= 15 is 0 Å². The molecular formula is C11H17ClO2S. The van der Waals surface area contributed by atoms with Crippen molar-refractivity contribution in [3.63, 3.8) is 0 Å². The van der Waals surface area contributed by atoms with E-state index in [9.17, 15) is 5.11 Å². The molecule has 2 nitrogen and oxygen atoms in total. The zero-order chi connectivity index (χ0) is 11.3. The minimum atomic E-state index is -0.301. The van der Waals surface area contributed by atoms with Crippen LogP contribution in [0.1, 0.15) is 18.2 Å². The summed E-state index contributed by atoms with van der Waals surface area (Å²) in [7, 11) is 1.68. The van der Waals surface area contributed by atoms with E-state index < -0.39 is 0 Å². The highest BCUT2D eigenvalue weighted by Gasteiger charge is 2.12. The lowest BCUT2D eigenvalue weighted by Gasteiger charge is -2.14. The van der Waals surface area contributed by atoms with Crippen LogP contribution in [-0.2, 0) is 11.2 Å². The van der Waals surface area contributed by atoms with Gasteiger partial charge < -0.3 is 9.84 Å². The second-order valence-electron chi connectivity index (χ2n) is 3.86. The fraction of sp³-hybridized carbons (Fsp3) is 0.636. The molecule has 0 amide bonds. The number of ether oxygens (including phenoxy) is 1. The highest BCUT2D eigenvalue weighted by Crippen LogP contribution is 2.23. The molecule has 2 atom stereocenters. The molecular weight excluding hydrogens is 232 g/mol. The van der Waals surface area contributed by atoms with Gasteiger partial charge >= 0.3 is 0 Å². The van der Waals surface area contributed by atoms with E-state index in [4.69, 9.17) is 16.3 Å². The molecule has 1 aromatic heterocycles. The van der Waals surface area contributed by atoms with Crippen molar-refractivity contribution in [2.75, 3.05) is 13.7 Å². The molecule has 86 valence electrons. The number of aliphatic hydroxyl groups is 1. The van der Waals surface area contributed by atoms with Gasteiger partial charge in [0.05, 0.1) is 10.4 Å². The van der Waals surface area contributed by atoms with Gasteiger partial charge in [-0.3, -0.25) is 0 Å². The molecule has 1 heterocycles. The predicted molar refractivity (Wildman–Crippen MR) is 64.7 cm³/mol. The largest absolute Gasteiger partial charge is 0.393 e. The van der Waals surface area contributed by atoms with Gasteiger partial charge in [0.15, 0.2) is 0 Å². The average Bonchev–Trinajstić information content (AvgIpc) is 2.51. The topological polar surface area (TPSA) is 29.5 Å². The summed E-state index contributed by atoms with van der Waals surface area (Å²) in [6, 6.07) is 3.84. The van der Waals surface area contributed by atoms with Crippen LogP contribution in [0.2, 0.25) is 4.34 Å². The van der Waals surface area contributed by atoms with Gasteiger partial charge in [-0.05, 0) is 24.5 Å². The van der Waals surface area contributed by atoms with Crippen molar-refractivity contribution in [1.29, 1.82) is 0 Å². The van der Waals surface area contributed by atoms with E-state index in [2.05, 4.69) is 6.92 Å². The smallest absolute Gasteiger partial charge is 0.0931 e. The Kier molecular flexibility index (Phi) is 5.61. The lowest BCUT2D eigenvalue weighted by atomic mass is 10.0. The molecule has 1 rings (SSSR count). The Labute approximate surface area is 99.8 Å². The molecule has 0 saturated carbocycles. The molecule has 1 N–H and O–H groups in total. The van der Waals surface area contributed by atoms with Gasteiger partial charge in [-0.25, -0.2) is 0 Å². The first-order valence-electron chi connectivity index (χ1n) is 5.03. The fourth-order valence-corrected chi connectivity index (χ4v) is 2.75. The maximum atomic E-state index is 9.82. The van der Waals surface area contributed by atoms with Crippen molar-refractivity contribution < 1.29 is 9.84 Å². The zero-order valence-corrected chi connectivity index (χ0v) is 10.6. The molecule has 0 aliphatic heterocycles. The Morgan fingerprint density at radius 2 is 2.27 bits per heavy atom. The summed E-state index contributed by atoms with van der Waals surface area (Å²) in [6.07, 6.45) is 1.15. The Balaban J connectivity index is 2.32. The van der Waals surface area contributed by atoms with Crippen molar-refractivity contribution in [2.45, 2.75) is 25.9 Å². The third-order valence-electron chi connectivity index (χ3n) is 2.19. The van der Waals surface area contributed by atoms with Crippen LogP contribution < -0.4 is 0 Å². The SMILES string of the molecule is COCC(C)CC(O)Cc1ccc(Cl)s1. The van der Waals surface area contributed by atoms with Crippen molar-refractivity contribution in [1.82, 2.24) is 0 Å². The van der Waals surface area contributed by atoms with Crippen LogP contribution in [0, 0.1) is 5.92 Å². The molecule has 0 spiro atoms. The van der Waals surface area contributed by atoms with E-state index in [0.717, 1.165) is 15.6 Å². The van der Waals surface area contributed by atoms with Crippen LogP contribution in [0.5, 0.6) is 0 Å². The molecule has 0 aromatic carbocycles. The number of methoxy groups -OCH3 is 1. The molecule has 0 fully saturated rings. The van der Waals surface area contributed by atoms with E-state index in [1.807, 2.05) is 12.1 Å². The molecule has 2 unspecified atom stereocenters. The molecule has 0 bridgehead atoms. The second-order valence-corrected chi connectivity index (χ2v) is 5.66. The van der Waals surface area contributed by atoms with Gasteiger partial charge in [0.2, 0.25) is 0 Å². The molecule has 15 heavy (non-hydrogen) atoms. The molecule has 0 aliphatic carbocycles. The second kappa shape index (κ2) is 6.48. The number of thiophene rings is 1. The highest BCUT2D eigenvalue weighted by molar-refractivity contribution is 7.16. The summed E-state index contributed by atoms with van der Waals surface area (Å²) in [4.78, 5) is 1.14. The number of aliphatic hydroxyl groups excluding tert-OH is 1. The quantitative estimate of drug-likeness (QED) is 0.839. The average molecular weight is 249 g/mol. The lowest BCUT2D eigenvalue weighted by Crippen LogP contribution is -2.16. The summed E-state index contributed by atoms with van der Waals surface area (Å²) in [6.45, 7) is 2.77. The van der Waals surface area contributed by atoms with Crippen LogP contribution in [0.15, 0.2) is 12.1 Å². The monoisotopic (exact) mass is 248 g/mol. The van der Waals surface area contributed by atoms with E-state index in [1.54, 1.807) is 7.11 Å². The van der Waals surface area contributed by atoms with Gasteiger partial charge in [-0.2, -0.15) is 0 Å². The maximum absolute atomic E-state index is 9.82. The first-order chi connectivity index (χ1) is 7.11. The lowest BCUT2D eigenvalue weighted by molar-refractivity contribution is 0.102. The third-order valence-corrected chi connectivity index (χ3v) is 3.44. The minimum Gasteiger partial charge on any atom is -0.393 e. The Morgan fingerprint density at radius 3 is 2.80 bits per heavy atom.